The first-order chi connectivity index (χ1) is 7.86. The van der Waals surface area contributed by atoms with E-state index < -0.39 is 11.9 Å². The molecule has 6 N–H and O–H groups in total. The summed E-state index contributed by atoms with van der Waals surface area (Å²) in [5, 5.41) is 16.2. The SMILES string of the molecule is Clc1cccc(Cl)c1Cl.NN.O=C(O)C(=O)O. The van der Waals surface area contributed by atoms with Gasteiger partial charge in [-0.2, -0.15) is 0 Å². The van der Waals surface area contributed by atoms with Gasteiger partial charge in [0, 0.05) is 0 Å². The summed E-state index contributed by atoms with van der Waals surface area (Å²) in [6.07, 6.45) is 0. The molecule has 0 fully saturated rings. The van der Waals surface area contributed by atoms with E-state index in [0.29, 0.717) is 15.1 Å². The molecule has 0 spiro atoms. The number of carbonyl (C=O) groups is 2. The third kappa shape index (κ3) is 8.73. The number of hydrogen-bond acceptors (Lipinski definition) is 4. The van der Waals surface area contributed by atoms with Gasteiger partial charge in [-0.25, -0.2) is 9.59 Å². The molecule has 9 heteroatoms. The molecule has 0 aromatic heterocycles. The zero-order valence-electron chi connectivity index (χ0n) is 8.23. The van der Waals surface area contributed by atoms with Crippen LogP contribution >= 0.6 is 34.8 Å². The topological polar surface area (TPSA) is 127 Å². The zero-order chi connectivity index (χ0) is 14.0. The summed E-state index contributed by atoms with van der Waals surface area (Å²) in [6.45, 7) is 0. The Balaban J connectivity index is 0. The summed E-state index contributed by atoms with van der Waals surface area (Å²) in [6, 6.07) is 5.13. The quantitative estimate of drug-likeness (QED) is 0.250. The maximum absolute atomic E-state index is 9.10. The van der Waals surface area contributed by atoms with Gasteiger partial charge >= 0.3 is 11.9 Å². The van der Waals surface area contributed by atoms with E-state index in [-0.39, 0.29) is 0 Å². The molecule has 0 amide bonds. The van der Waals surface area contributed by atoms with Crippen molar-refractivity contribution < 1.29 is 19.8 Å². The predicted molar refractivity (Wildman–Crippen MR) is 65.1 cm³/mol. The first-order valence-corrected chi connectivity index (χ1v) is 4.88. The first kappa shape index (κ1) is 18.3. The maximum Gasteiger partial charge on any atom is 0.414 e. The van der Waals surface area contributed by atoms with Crippen molar-refractivity contribution in [3.8, 4) is 0 Å². The van der Waals surface area contributed by atoms with E-state index >= 15 is 0 Å². The lowest BCUT2D eigenvalue weighted by Crippen LogP contribution is -2.09. The van der Waals surface area contributed by atoms with Crippen molar-refractivity contribution >= 4 is 46.7 Å². The number of hydrazine groups is 1. The molecule has 0 saturated heterocycles. The molecule has 0 aliphatic heterocycles. The molecule has 1 rings (SSSR count). The van der Waals surface area contributed by atoms with Crippen molar-refractivity contribution in [2.24, 2.45) is 11.7 Å². The van der Waals surface area contributed by atoms with E-state index in [1.807, 2.05) is 0 Å². The van der Waals surface area contributed by atoms with Crippen LogP contribution < -0.4 is 11.7 Å². The first-order valence-electron chi connectivity index (χ1n) is 3.75. The lowest BCUT2D eigenvalue weighted by Gasteiger charge is -1.94. The number of rotatable bonds is 0. The molecule has 0 saturated carbocycles. The van der Waals surface area contributed by atoms with Crippen LogP contribution in [0.3, 0.4) is 0 Å². The lowest BCUT2D eigenvalue weighted by molar-refractivity contribution is -0.159. The normalized spacial score (nSPS) is 8.06. The molecule has 0 bridgehead atoms. The van der Waals surface area contributed by atoms with E-state index in [2.05, 4.69) is 11.7 Å². The average Bonchev–Trinajstić information content (AvgIpc) is 2.29. The number of halogens is 3. The van der Waals surface area contributed by atoms with Gasteiger partial charge in [0.05, 0.1) is 15.1 Å². The third-order valence-corrected chi connectivity index (χ3v) is 2.32. The van der Waals surface area contributed by atoms with E-state index in [1.54, 1.807) is 18.2 Å². The summed E-state index contributed by atoms with van der Waals surface area (Å²) >= 11 is 16.8. The Labute approximate surface area is 112 Å². The lowest BCUT2D eigenvalue weighted by atomic mass is 10.4. The van der Waals surface area contributed by atoms with Gasteiger partial charge in [-0.05, 0) is 12.1 Å². The van der Waals surface area contributed by atoms with Crippen LogP contribution in [-0.2, 0) is 9.59 Å². The summed E-state index contributed by atoms with van der Waals surface area (Å²) in [7, 11) is 0. The van der Waals surface area contributed by atoms with Crippen LogP contribution in [0, 0.1) is 0 Å². The Kier molecular flexibility index (Phi) is 10.9. The largest absolute Gasteiger partial charge is 0.473 e. The smallest absolute Gasteiger partial charge is 0.414 e. The Bertz CT molecular complexity index is 355. The Morgan fingerprint density at radius 3 is 1.41 bits per heavy atom. The number of carboxylic acid groups (broad SMARTS) is 2. The molecule has 0 heterocycles. The molecule has 0 unspecified atom stereocenters. The van der Waals surface area contributed by atoms with Crippen molar-refractivity contribution in [3.63, 3.8) is 0 Å². The van der Waals surface area contributed by atoms with Crippen LogP contribution in [0.4, 0.5) is 0 Å². The van der Waals surface area contributed by atoms with Gasteiger partial charge in [-0.15, -0.1) is 0 Å². The van der Waals surface area contributed by atoms with Crippen LogP contribution in [0.5, 0.6) is 0 Å². The number of nitrogens with two attached hydrogens (primary N) is 2. The van der Waals surface area contributed by atoms with Gasteiger partial charge < -0.3 is 10.2 Å². The molecule has 6 nitrogen and oxygen atoms in total. The molecular weight excluding hydrogens is 294 g/mol. The monoisotopic (exact) mass is 302 g/mol. The van der Waals surface area contributed by atoms with E-state index in [1.165, 1.54) is 0 Å². The molecule has 0 aliphatic carbocycles. The van der Waals surface area contributed by atoms with E-state index in [4.69, 9.17) is 54.6 Å². The van der Waals surface area contributed by atoms with Crippen LogP contribution in [0.15, 0.2) is 18.2 Å². The van der Waals surface area contributed by atoms with Gasteiger partial charge in [0.25, 0.3) is 0 Å². The Hall–Kier alpha value is -1.05. The minimum Gasteiger partial charge on any atom is -0.473 e. The fraction of sp³-hybridized carbons (Fsp3) is 0. The van der Waals surface area contributed by atoms with Gasteiger partial charge in [0.15, 0.2) is 0 Å². The molecular formula is C8H9Cl3N2O4. The maximum atomic E-state index is 9.10. The summed E-state index contributed by atoms with van der Waals surface area (Å²) < 4.78 is 0. The highest BCUT2D eigenvalue weighted by Crippen LogP contribution is 2.28. The molecule has 17 heavy (non-hydrogen) atoms. The number of carboxylic acids is 2. The molecule has 0 atom stereocenters. The minimum atomic E-state index is -1.82. The van der Waals surface area contributed by atoms with Crippen LogP contribution in [-0.4, -0.2) is 22.2 Å². The van der Waals surface area contributed by atoms with Crippen molar-refractivity contribution in [2.45, 2.75) is 0 Å². The molecule has 0 radical (unpaired) electrons. The summed E-state index contributed by atoms with van der Waals surface area (Å²) in [5.74, 6) is 4.35. The fourth-order valence-corrected chi connectivity index (χ4v) is 1.00. The highest BCUT2D eigenvalue weighted by atomic mass is 35.5. The summed E-state index contributed by atoms with van der Waals surface area (Å²) in [5.41, 5.74) is 0. The number of aliphatic carboxylic acids is 2. The van der Waals surface area contributed by atoms with E-state index in [9.17, 15) is 0 Å². The molecule has 1 aromatic carbocycles. The molecule has 96 valence electrons. The van der Waals surface area contributed by atoms with Crippen molar-refractivity contribution in [1.82, 2.24) is 0 Å². The second kappa shape index (κ2) is 10.1. The van der Waals surface area contributed by atoms with Gasteiger partial charge in [-0.3, -0.25) is 11.7 Å². The van der Waals surface area contributed by atoms with Crippen molar-refractivity contribution in [3.05, 3.63) is 33.3 Å². The molecule has 1 aromatic rings. The van der Waals surface area contributed by atoms with Gasteiger partial charge in [0.1, 0.15) is 0 Å². The van der Waals surface area contributed by atoms with Gasteiger partial charge in [0.2, 0.25) is 0 Å². The highest BCUT2D eigenvalue weighted by molar-refractivity contribution is 6.47. The zero-order valence-corrected chi connectivity index (χ0v) is 10.5. The van der Waals surface area contributed by atoms with Crippen LogP contribution in [0.1, 0.15) is 0 Å². The standard InChI is InChI=1S/C6H3Cl3.C2H2O4.H4N2/c7-4-2-1-3-5(8)6(4)9;3-1(4)2(5)6;1-2/h1-3H;(H,3,4)(H,5,6);1-2H2. The van der Waals surface area contributed by atoms with Crippen LogP contribution in [0.2, 0.25) is 15.1 Å². The van der Waals surface area contributed by atoms with Crippen molar-refractivity contribution in [2.75, 3.05) is 0 Å². The Morgan fingerprint density at radius 2 is 1.24 bits per heavy atom. The third-order valence-electron chi connectivity index (χ3n) is 1.09. The number of benzene rings is 1. The number of hydrogen-bond donors (Lipinski definition) is 4. The predicted octanol–water partition coefficient (Wildman–Crippen LogP) is 1.62. The highest BCUT2D eigenvalue weighted by Gasteiger charge is 2.04. The van der Waals surface area contributed by atoms with Crippen LogP contribution in [0.25, 0.3) is 0 Å². The summed E-state index contributed by atoms with van der Waals surface area (Å²) in [4.78, 5) is 18.2. The second-order valence-corrected chi connectivity index (χ2v) is 3.34. The Morgan fingerprint density at radius 1 is 0.941 bits per heavy atom. The minimum absolute atomic E-state index is 0.417. The second-order valence-electron chi connectivity index (χ2n) is 2.15. The van der Waals surface area contributed by atoms with E-state index in [0.717, 1.165) is 0 Å². The average molecular weight is 304 g/mol. The van der Waals surface area contributed by atoms with Crippen molar-refractivity contribution in [1.29, 1.82) is 0 Å². The fourth-order valence-electron chi connectivity index (χ4n) is 0.477. The van der Waals surface area contributed by atoms with Gasteiger partial charge in [-0.1, -0.05) is 40.9 Å². The molecule has 0 aliphatic rings.